The van der Waals surface area contributed by atoms with Gasteiger partial charge in [-0.3, -0.25) is 9.69 Å². The van der Waals surface area contributed by atoms with Gasteiger partial charge in [-0.1, -0.05) is 48.5 Å². The van der Waals surface area contributed by atoms with Crippen molar-refractivity contribution in [2.45, 2.75) is 25.7 Å². The molecule has 0 bridgehead atoms. The zero-order valence-electron chi connectivity index (χ0n) is 20.5. The second kappa shape index (κ2) is 11.1. The van der Waals surface area contributed by atoms with Gasteiger partial charge in [0.15, 0.2) is 0 Å². The first-order valence-electron chi connectivity index (χ1n) is 12.1. The van der Waals surface area contributed by atoms with Gasteiger partial charge in [0, 0.05) is 35.6 Å². The van der Waals surface area contributed by atoms with Crippen molar-refractivity contribution in [1.29, 1.82) is 0 Å². The molecule has 6 rings (SSSR count). The summed E-state index contributed by atoms with van der Waals surface area (Å²) in [5, 5.41) is 4.36. The van der Waals surface area contributed by atoms with Crippen molar-refractivity contribution in [2.24, 2.45) is 0 Å². The van der Waals surface area contributed by atoms with Gasteiger partial charge in [-0.2, -0.15) is 13.2 Å². The highest BCUT2D eigenvalue weighted by molar-refractivity contribution is 7.23. The Hall–Kier alpha value is -3.24. The summed E-state index contributed by atoms with van der Waals surface area (Å²) < 4.78 is 40.8. The Kier molecular flexibility index (Phi) is 7.77. The van der Waals surface area contributed by atoms with E-state index in [-0.39, 0.29) is 18.0 Å². The number of para-hydroxylation sites is 1. The number of rotatable bonds is 5. The summed E-state index contributed by atoms with van der Waals surface area (Å²) in [6.07, 6.45) is -3.73. The molecule has 5 aromatic rings. The molecule has 0 saturated heterocycles. The van der Waals surface area contributed by atoms with Crippen LogP contribution in [0.25, 0.3) is 20.8 Å². The number of alkyl halides is 3. The lowest BCUT2D eigenvalue weighted by Crippen LogP contribution is -2.29. The zero-order chi connectivity index (χ0) is 26.3. The lowest BCUT2D eigenvalue weighted by molar-refractivity contribution is -0.137. The van der Waals surface area contributed by atoms with Gasteiger partial charge in [0.05, 0.1) is 15.8 Å². The van der Waals surface area contributed by atoms with Gasteiger partial charge >= 0.3 is 6.18 Å². The Bertz CT molecular complexity index is 1600. The number of thiazole rings is 1. The molecule has 3 aromatic carbocycles. The highest BCUT2D eigenvalue weighted by Crippen LogP contribution is 2.46. The predicted octanol–water partition coefficient (Wildman–Crippen LogP) is 8.28. The Labute approximate surface area is 237 Å². The number of nitrogens with zero attached hydrogens (tertiary/aromatic N) is 2. The number of thiophene rings is 1. The van der Waals surface area contributed by atoms with Crippen LogP contribution in [0.3, 0.4) is 0 Å². The number of benzene rings is 3. The van der Waals surface area contributed by atoms with Gasteiger partial charge < -0.3 is 5.32 Å². The molecular formula is C29H23ClF3N3OS2. The average molecular weight is 586 g/mol. The molecule has 1 aliphatic heterocycles. The fourth-order valence-electron chi connectivity index (χ4n) is 4.74. The second-order valence-corrected chi connectivity index (χ2v) is 11.3. The molecular weight excluding hydrogens is 563 g/mol. The van der Waals surface area contributed by atoms with E-state index in [0.29, 0.717) is 5.00 Å². The van der Waals surface area contributed by atoms with Gasteiger partial charge in [0.25, 0.3) is 5.91 Å². The number of aromatic nitrogens is 1. The summed E-state index contributed by atoms with van der Waals surface area (Å²) in [4.78, 5) is 21.5. The van der Waals surface area contributed by atoms with Crippen molar-refractivity contribution >= 4 is 56.2 Å². The van der Waals surface area contributed by atoms with E-state index >= 15 is 0 Å². The standard InChI is InChI=1S/C29H22F3N3OS2.ClH/c30-29(31,32)20-10-6-9-19(15-20)26(36)34-28-25(27-33-22-11-4-5-12-23(22)37-27)21-13-14-35(17-24(21)38-28)16-18-7-2-1-3-8-18;/h1-12,15H,13-14,16-17H2,(H,34,36);1H. The Morgan fingerprint density at radius 3 is 2.51 bits per heavy atom. The number of halogens is 4. The van der Waals surface area contributed by atoms with Crippen molar-refractivity contribution in [2.75, 3.05) is 11.9 Å². The number of carbonyl (C=O) groups is 1. The largest absolute Gasteiger partial charge is 0.416 e. The molecule has 200 valence electrons. The van der Waals surface area contributed by atoms with Crippen LogP contribution < -0.4 is 5.32 Å². The van der Waals surface area contributed by atoms with Crippen LogP contribution >= 0.6 is 35.1 Å². The number of nitrogens with one attached hydrogen (secondary N) is 1. The number of hydrogen-bond donors (Lipinski definition) is 1. The van der Waals surface area contributed by atoms with Gasteiger partial charge in [-0.05, 0) is 47.9 Å². The monoisotopic (exact) mass is 585 g/mol. The van der Waals surface area contributed by atoms with Gasteiger partial charge in [0.1, 0.15) is 10.0 Å². The maximum absolute atomic E-state index is 13.3. The SMILES string of the molecule is Cl.O=C(Nc1sc2c(c1-c1nc3ccccc3s1)CCN(Cc1ccccc1)C2)c1cccc(C(F)(F)F)c1. The van der Waals surface area contributed by atoms with Crippen molar-refractivity contribution in [3.63, 3.8) is 0 Å². The van der Waals surface area contributed by atoms with Crippen LogP contribution in [0.4, 0.5) is 18.2 Å². The molecule has 3 heterocycles. The molecule has 0 aliphatic carbocycles. The normalized spacial score (nSPS) is 13.6. The smallest absolute Gasteiger partial charge is 0.313 e. The highest BCUT2D eigenvalue weighted by Gasteiger charge is 2.32. The zero-order valence-corrected chi connectivity index (χ0v) is 22.9. The summed E-state index contributed by atoms with van der Waals surface area (Å²) >= 11 is 3.04. The summed E-state index contributed by atoms with van der Waals surface area (Å²) in [6, 6.07) is 22.7. The average Bonchev–Trinajstić information content (AvgIpc) is 3.49. The first kappa shape index (κ1) is 27.3. The number of hydrogen-bond acceptors (Lipinski definition) is 5. The van der Waals surface area contributed by atoms with Crippen molar-refractivity contribution in [1.82, 2.24) is 9.88 Å². The van der Waals surface area contributed by atoms with E-state index in [0.717, 1.165) is 69.4 Å². The molecule has 1 N–H and O–H groups in total. The topological polar surface area (TPSA) is 45.2 Å². The maximum atomic E-state index is 13.3. The molecule has 1 amide bonds. The van der Waals surface area contributed by atoms with E-state index < -0.39 is 17.6 Å². The fourth-order valence-corrected chi connectivity index (χ4v) is 7.13. The van der Waals surface area contributed by atoms with Crippen LogP contribution in [-0.2, 0) is 25.7 Å². The molecule has 0 fully saturated rings. The van der Waals surface area contributed by atoms with Crippen LogP contribution in [0, 0.1) is 0 Å². The maximum Gasteiger partial charge on any atom is 0.416 e. The van der Waals surface area contributed by atoms with E-state index in [2.05, 4.69) is 22.3 Å². The molecule has 1 aliphatic rings. The second-order valence-electron chi connectivity index (χ2n) is 9.17. The summed E-state index contributed by atoms with van der Waals surface area (Å²) in [7, 11) is 0. The minimum Gasteiger partial charge on any atom is -0.313 e. The van der Waals surface area contributed by atoms with E-state index in [1.165, 1.54) is 29.0 Å². The van der Waals surface area contributed by atoms with Crippen molar-refractivity contribution in [3.05, 3.63) is 106 Å². The van der Waals surface area contributed by atoms with E-state index in [1.54, 1.807) is 11.3 Å². The molecule has 2 aromatic heterocycles. The van der Waals surface area contributed by atoms with Crippen LogP contribution in [0.2, 0.25) is 0 Å². The predicted molar refractivity (Wildman–Crippen MR) is 154 cm³/mol. The molecule has 0 saturated carbocycles. The number of fused-ring (bicyclic) bond motifs is 2. The van der Waals surface area contributed by atoms with E-state index in [4.69, 9.17) is 4.98 Å². The van der Waals surface area contributed by atoms with Crippen LogP contribution in [0.5, 0.6) is 0 Å². The lowest BCUT2D eigenvalue weighted by Gasteiger charge is -2.27. The van der Waals surface area contributed by atoms with Gasteiger partial charge in [0.2, 0.25) is 0 Å². The Morgan fingerprint density at radius 2 is 1.74 bits per heavy atom. The highest BCUT2D eigenvalue weighted by atomic mass is 35.5. The lowest BCUT2D eigenvalue weighted by atomic mass is 10.0. The van der Waals surface area contributed by atoms with Crippen molar-refractivity contribution < 1.29 is 18.0 Å². The third kappa shape index (κ3) is 5.72. The Morgan fingerprint density at radius 1 is 0.974 bits per heavy atom. The number of carbonyl (C=O) groups excluding carboxylic acids is 1. The molecule has 0 spiro atoms. The fraction of sp³-hybridized carbons (Fsp3) is 0.172. The molecule has 0 radical (unpaired) electrons. The summed E-state index contributed by atoms with van der Waals surface area (Å²) in [5.41, 5.74) is 3.26. The molecule has 10 heteroatoms. The van der Waals surface area contributed by atoms with Crippen LogP contribution in [-0.4, -0.2) is 22.3 Å². The van der Waals surface area contributed by atoms with Crippen LogP contribution in [0.1, 0.15) is 31.9 Å². The van der Waals surface area contributed by atoms with Crippen molar-refractivity contribution in [3.8, 4) is 10.6 Å². The summed E-state index contributed by atoms with van der Waals surface area (Å²) in [5.74, 6) is -0.571. The Balaban J connectivity index is 0.00000308. The third-order valence-electron chi connectivity index (χ3n) is 6.57. The van der Waals surface area contributed by atoms with Crippen LogP contribution in [0.15, 0.2) is 78.9 Å². The van der Waals surface area contributed by atoms with E-state index in [1.807, 2.05) is 42.5 Å². The third-order valence-corrected chi connectivity index (χ3v) is 8.76. The number of anilines is 1. The van der Waals surface area contributed by atoms with E-state index in [9.17, 15) is 18.0 Å². The summed E-state index contributed by atoms with van der Waals surface area (Å²) in [6.45, 7) is 2.41. The van der Waals surface area contributed by atoms with Gasteiger partial charge in [-0.15, -0.1) is 35.1 Å². The molecule has 0 unspecified atom stereocenters. The first-order valence-corrected chi connectivity index (χ1v) is 13.7. The molecule has 39 heavy (non-hydrogen) atoms. The number of amides is 1. The minimum absolute atomic E-state index is 0. The first-order chi connectivity index (χ1) is 18.3. The quantitative estimate of drug-likeness (QED) is 0.226. The molecule has 0 atom stereocenters. The van der Waals surface area contributed by atoms with Gasteiger partial charge in [-0.25, -0.2) is 4.98 Å². The minimum atomic E-state index is -4.52. The molecule has 4 nitrogen and oxygen atoms in total.